The van der Waals surface area contributed by atoms with E-state index in [2.05, 4.69) is 15.3 Å². The van der Waals surface area contributed by atoms with E-state index in [0.29, 0.717) is 35.3 Å². The minimum atomic E-state index is -1.12. The summed E-state index contributed by atoms with van der Waals surface area (Å²) in [6, 6.07) is 0. The number of aliphatic hydroxyl groups is 2. The lowest BCUT2D eigenvalue weighted by atomic mass is 10.1. The number of hydrogen-bond donors (Lipinski definition) is 4. The Hall–Kier alpha value is -2.34. The number of aromatic nitrogens is 2. The number of carbonyl (C=O) groups is 1. The number of rotatable bonds is 5. The van der Waals surface area contributed by atoms with Gasteiger partial charge in [-0.1, -0.05) is 12.2 Å². The van der Waals surface area contributed by atoms with E-state index < -0.39 is 24.5 Å². The first kappa shape index (κ1) is 20.0. The van der Waals surface area contributed by atoms with E-state index in [1.165, 1.54) is 25.2 Å². The summed E-state index contributed by atoms with van der Waals surface area (Å²) >= 11 is 1.40. The number of nitrogen functional groups attached to an aromatic ring is 1. The van der Waals surface area contributed by atoms with Crippen LogP contribution in [0.25, 0.3) is 0 Å². The first-order valence-electron chi connectivity index (χ1n) is 9.25. The number of nitrogens with zero attached hydrogens (tertiary/aromatic N) is 3. The second-order valence-corrected chi connectivity index (χ2v) is 7.94. The van der Waals surface area contributed by atoms with Gasteiger partial charge in [0.2, 0.25) is 0 Å². The average molecular weight is 421 g/mol. The number of allylic oxidation sites excluding steroid dienone is 2. The molecule has 4 atom stereocenters. The Bertz CT molecular complexity index is 863. The maximum Gasteiger partial charge on any atom is 0.338 e. The molecule has 4 rings (SSSR count). The number of thioether (sulfide) groups is 1. The van der Waals surface area contributed by atoms with Crippen molar-refractivity contribution < 1.29 is 24.5 Å². The highest BCUT2D eigenvalue weighted by Crippen LogP contribution is 2.39. The predicted octanol–water partition coefficient (Wildman–Crippen LogP) is 0.205. The van der Waals surface area contributed by atoms with Gasteiger partial charge in [-0.25, -0.2) is 14.8 Å². The molecule has 0 spiro atoms. The van der Waals surface area contributed by atoms with Crippen LogP contribution in [0.4, 0.5) is 17.3 Å². The van der Waals surface area contributed by atoms with Gasteiger partial charge in [0.1, 0.15) is 24.2 Å². The normalized spacial score (nSPS) is 28.4. The third kappa shape index (κ3) is 3.66. The van der Waals surface area contributed by atoms with Crippen LogP contribution in [0.15, 0.2) is 29.0 Å². The first-order chi connectivity index (χ1) is 14.0. The molecule has 0 aromatic carbocycles. The van der Waals surface area contributed by atoms with Crippen molar-refractivity contribution in [3.63, 3.8) is 0 Å². The van der Waals surface area contributed by atoms with Gasteiger partial charge in [0, 0.05) is 10.7 Å². The van der Waals surface area contributed by atoms with Crippen LogP contribution >= 0.6 is 11.8 Å². The standard InChI is InChI=1S/C18H23N5O5S/c1-27-18(26)9-4-2-3-5-11(9)29-6-10-13(24)14(25)17(28-10)23-8-22-12-15(19)20-7-21-16(12)23/h4-5,7,10,13-14,17,22,24-25H,2-3,6,8H2,1H3,(H2,19,20,21)/t10-,13-,14-,17-/m1/s1. The Balaban J connectivity index is 1.44. The SMILES string of the molecule is COC(=O)C1=CCCC=C1SC[C@H]1O[C@@H](N2CNc3c(N)ncnc32)[C@H](O)[C@@H]1O. The summed E-state index contributed by atoms with van der Waals surface area (Å²) in [6.07, 6.45) is 3.19. The van der Waals surface area contributed by atoms with Crippen LogP contribution in [-0.4, -0.2) is 70.2 Å². The number of ether oxygens (including phenoxy) is 2. The fourth-order valence-corrected chi connectivity index (χ4v) is 4.78. The number of esters is 1. The summed E-state index contributed by atoms with van der Waals surface area (Å²) in [4.78, 5) is 22.6. The predicted molar refractivity (Wildman–Crippen MR) is 108 cm³/mol. The Morgan fingerprint density at radius 2 is 2.17 bits per heavy atom. The molecule has 0 saturated carbocycles. The van der Waals surface area contributed by atoms with E-state index in [0.717, 1.165) is 17.7 Å². The molecule has 0 radical (unpaired) electrons. The third-order valence-corrected chi connectivity index (χ3v) is 6.31. The number of carbonyl (C=O) groups excluding carboxylic acids is 1. The highest BCUT2D eigenvalue weighted by molar-refractivity contribution is 8.03. The Morgan fingerprint density at radius 3 is 2.97 bits per heavy atom. The molecule has 1 aromatic rings. The third-order valence-electron chi connectivity index (χ3n) is 5.12. The second kappa shape index (κ2) is 8.19. The summed E-state index contributed by atoms with van der Waals surface area (Å²) in [5.41, 5.74) is 6.96. The Kier molecular flexibility index (Phi) is 5.63. The molecule has 5 N–H and O–H groups in total. The van der Waals surface area contributed by atoms with Gasteiger partial charge in [0.25, 0.3) is 0 Å². The first-order valence-corrected chi connectivity index (χ1v) is 10.2. The zero-order valence-electron chi connectivity index (χ0n) is 15.8. The van der Waals surface area contributed by atoms with Crippen molar-refractivity contribution in [1.82, 2.24) is 9.97 Å². The summed E-state index contributed by atoms with van der Waals surface area (Å²) in [5, 5.41) is 24.2. The number of methoxy groups -OCH3 is 1. The van der Waals surface area contributed by atoms with Gasteiger partial charge >= 0.3 is 5.97 Å². The fourth-order valence-electron chi connectivity index (χ4n) is 3.61. The minimum Gasteiger partial charge on any atom is -0.465 e. The Labute approximate surface area is 171 Å². The monoisotopic (exact) mass is 421 g/mol. The number of anilines is 3. The van der Waals surface area contributed by atoms with Crippen molar-refractivity contribution in [3.8, 4) is 0 Å². The molecule has 0 bridgehead atoms. The van der Waals surface area contributed by atoms with Gasteiger partial charge in [-0.3, -0.25) is 0 Å². The van der Waals surface area contributed by atoms with Crippen molar-refractivity contribution in [1.29, 1.82) is 0 Å². The smallest absolute Gasteiger partial charge is 0.338 e. The summed E-state index contributed by atoms with van der Waals surface area (Å²) in [6.45, 7) is 0.326. The van der Waals surface area contributed by atoms with Crippen LogP contribution in [0.1, 0.15) is 12.8 Å². The highest BCUT2D eigenvalue weighted by Gasteiger charge is 2.47. The summed E-state index contributed by atoms with van der Waals surface area (Å²) < 4.78 is 10.8. The summed E-state index contributed by atoms with van der Waals surface area (Å²) in [7, 11) is 1.35. The lowest BCUT2D eigenvalue weighted by Gasteiger charge is -2.26. The van der Waals surface area contributed by atoms with Crippen molar-refractivity contribution in [2.45, 2.75) is 37.4 Å². The molecule has 1 fully saturated rings. The molecule has 156 valence electrons. The zero-order valence-corrected chi connectivity index (χ0v) is 16.6. The van der Waals surface area contributed by atoms with Crippen molar-refractivity contribution in [3.05, 3.63) is 29.0 Å². The van der Waals surface area contributed by atoms with Crippen LogP contribution < -0.4 is 16.0 Å². The molecule has 3 heterocycles. The van der Waals surface area contributed by atoms with E-state index in [-0.39, 0.29) is 5.97 Å². The zero-order chi connectivity index (χ0) is 20.5. The molecule has 0 unspecified atom stereocenters. The van der Waals surface area contributed by atoms with Gasteiger partial charge in [-0.2, -0.15) is 0 Å². The minimum absolute atomic E-state index is 0.309. The maximum absolute atomic E-state index is 12.0. The van der Waals surface area contributed by atoms with Crippen molar-refractivity contribution >= 4 is 35.1 Å². The molecule has 1 saturated heterocycles. The molecule has 1 aromatic heterocycles. The highest BCUT2D eigenvalue weighted by atomic mass is 32.2. The van der Waals surface area contributed by atoms with Crippen LogP contribution in [0.2, 0.25) is 0 Å². The number of aliphatic hydroxyl groups excluding tert-OH is 2. The number of nitrogens with one attached hydrogen (secondary N) is 1. The van der Waals surface area contributed by atoms with E-state index in [1.807, 2.05) is 12.2 Å². The van der Waals surface area contributed by atoms with E-state index in [4.69, 9.17) is 15.2 Å². The number of nitrogens with two attached hydrogens (primary N) is 1. The van der Waals surface area contributed by atoms with Crippen LogP contribution in [-0.2, 0) is 14.3 Å². The average Bonchev–Trinajstić information content (AvgIpc) is 3.29. The van der Waals surface area contributed by atoms with Gasteiger partial charge in [0.15, 0.2) is 17.9 Å². The van der Waals surface area contributed by atoms with Crippen LogP contribution in [0.3, 0.4) is 0 Å². The van der Waals surface area contributed by atoms with E-state index in [1.54, 1.807) is 4.90 Å². The lowest BCUT2D eigenvalue weighted by molar-refractivity contribution is -0.135. The molecule has 29 heavy (non-hydrogen) atoms. The largest absolute Gasteiger partial charge is 0.465 e. The van der Waals surface area contributed by atoms with Gasteiger partial charge < -0.3 is 35.6 Å². The van der Waals surface area contributed by atoms with Crippen LogP contribution in [0.5, 0.6) is 0 Å². The molecule has 0 amide bonds. The number of fused-ring (bicyclic) bond motifs is 1. The Morgan fingerprint density at radius 1 is 1.38 bits per heavy atom. The quantitative estimate of drug-likeness (QED) is 0.484. The molecular formula is C18H23N5O5S. The summed E-state index contributed by atoms with van der Waals surface area (Å²) in [5.74, 6) is 0.817. The van der Waals surface area contributed by atoms with Crippen LogP contribution in [0, 0.1) is 0 Å². The molecular weight excluding hydrogens is 398 g/mol. The fraction of sp³-hybridized carbons (Fsp3) is 0.500. The molecule has 3 aliphatic rings. The lowest BCUT2D eigenvalue weighted by Crippen LogP contribution is -2.44. The molecule has 2 aliphatic heterocycles. The topological polar surface area (TPSA) is 143 Å². The van der Waals surface area contributed by atoms with E-state index >= 15 is 0 Å². The second-order valence-electron chi connectivity index (χ2n) is 6.87. The molecule has 1 aliphatic carbocycles. The number of hydrogen-bond acceptors (Lipinski definition) is 11. The molecule has 10 nitrogen and oxygen atoms in total. The van der Waals surface area contributed by atoms with Gasteiger partial charge in [-0.05, 0) is 12.8 Å². The van der Waals surface area contributed by atoms with Gasteiger partial charge in [0.05, 0.1) is 25.5 Å². The van der Waals surface area contributed by atoms with E-state index in [9.17, 15) is 15.0 Å². The van der Waals surface area contributed by atoms with Crippen molar-refractivity contribution in [2.24, 2.45) is 0 Å². The van der Waals surface area contributed by atoms with Gasteiger partial charge in [-0.15, -0.1) is 11.8 Å². The molecule has 11 heteroatoms. The van der Waals surface area contributed by atoms with Crippen molar-refractivity contribution in [2.75, 3.05) is 35.5 Å². The maximum atomic E-state index is 12.0.